The molecule has 0 bridgehead atoms. The molecule has 0 fully saturated rings. The summed E-state index contributed by atoms with van der Waals surface area (Å²) in [5.74, 6) is -0.291. The molecule has 3 rings (SSSR count). The van der Waals surface area contributed by atoms with Crippen LogP contribution in [0.25, 0.3) is 11.3 Å². The number of aromatic nitrogens is 1. The summed E-state index contributed by atoms with van der Waals surface area (Å²) in [6.07, 6.45) is 1.61. The molecule has 2 aromatic carbocycles. The second-order valence-corrected chi connectivity index (χ2v) is 6.38. The van der Waals surface area contributed by atoms with Crippen LogP contribution in [-0.2, 0) is 0 Å². The van der Waals surface area contributed by atoms with Crippen LogP contribution >= 0.6 is 11.6 Å². The Labute approximate surface area is 157 Å². The Kier molecular flexibility index (Phi) is 5.44. The number of nitrogens with zero attached hydrogens (tertiary/aromatic N) is 2. The first kappa shape index (κ1) is 17.8. The van der Waals surface area contributed by atoms with Gasteiger partial charge in [-0.1, -0.05) is 53.6 Å². The normalized spacial score (nSPS) is 10.9. The third-order valence-corrected chi connectivity index (χ3v) is 4.18. The van der Waals surface area contributed by atoms with Crippen molar-refractivity contribution in [1.29, 1.82) is 0 Å². The third kappa shape index (κ3) is 4.35. The van der Waals surface area contributed by atoms with Gasteiger partial charge in [-0.3, -0.25) is 9.78 Å². The average Bonchev–Trinajstić information content (AvgIpc) is 2.64. The fraction of sp³-hybridized carbons (Fsp3) is 0.0952. The van der Waals surface area contributed by atoms with Gasteiger partial charge in [-0.25, -0.2) is 5.43 Å². The largest absolute Gasteiger partial charge is 0.273 e. The number of hydrazone groups is 1. The Morgan fingerprint density at radius 2 is 1.69 bits per heavy atom. The predicted molar refractivity (Wildman–Crippen MR) is 106 cm³/mol. The van der Waals surface area contributed by atoms with Gasteiger partial charge in [0, 0.05) is 10.6 Å². The first-order chi connectivity index (χ1) is 12.5. The zero-order chi connectivity index (χ0) is 18.5. The molecular weight excluding hydrogens is 346 g/mol. The van der Waals surface area contributed by atoms with Crippen molar-refractivity contribution in [2.75, 3.05) is 0 Å². The van der Waals surface area contributed by atoms with Gasteiger partial charge in [-0.05, 0) is 43.7 Å². The minimum absolute atomic E-state index is 0.291. The van der Waals surface area contributed by atoms with Gasteiger partial charge < -0.3 is 0 Å². The van der Waals surface area contributed by atoms with Crippen LogP contribution in [-0.4, -0.2) is 17.1 Å². The molecule has 0 aliphatic rings. The Morgan fingerprint density at radius 1 is 1.00 bits per heavy atom. The molecule has 0 spiro atoms. The summed E-state index contributed by atoms with van der Waals surface area (Å²) in [4.78, 5) is 16.8. The first-order valence-electron chi connectivity index (χ1n) is 8.16. The molecule has 0 unspecified atom stereocenters. The lowest BCUT2D eigenvalue weighted by Gasteiger charge is -2.07. The molecular formula is C21H18ClN3O. The van der Waals surface area contributed by atoms with Crippen LogP contribution in [0.2, 0.25) is 5.02 Å². The number of halogens is 1. The lowest BCUT2D eigenvalue weighted by atomic mass is 10.1. The second-order valence-electron chi connectivity index (χ2n) is 5.95. The van der Waals surface area contributed by atoms with Crippen molar-refractivity contribution >= 4 is 23.7 Å². The topological polar surface area (TPSA) is 54.4 Å². The van der Waals surface area contributed by atoms with Crippen LogP contribution in [0.4, 0.5) is 0 Å². The van der Waals surface area contributed by atoms with E-state index in [2.05, 4.69) is 15.5 Å². The van der Waals surface area contributed by atoms with E-state index in [0.29, 0.717) is 16.3 Å². The monoisotopic (exact) mass is 363 g/mol. The number of benzene rings is 2. The molecule has 5 heteroatoms. The second kappa shape index (κ2) is 7.93. The number of aryl methyl sites for hydroxylation is 2. The van der Waals surface area contributed by atoms with Crippen LogP contribution in [0.5, 0.6) is 0 Å². The molecule has 26 heavy (non-hydrogen) atoms. The molecule has 0 atom stereocenters. The molecule has 1 N–H and O–H groups in total. The van der Waals surface area contributed by atoms with E-state index in [-0.39, 0.29) is 5.91 Å². The van der Waals surface area contributed by atoms with Crippen molar-refractivity contribution in [3.63, 3.8) is 0 Å². The van der Waals surface area contributed by atoms with E-state index in [0.717, 1.165) is 16.8 Å². The highest BCUT2D eigenvalue weighted by Crippen LogP contribution is 2.21. The lowest BCUT2D eigenvalue weighted by molar-refractivity contribution is 0.0954. The molecule has 0 aliphatic carbocycles. The maximum Gasteiger partial charge on any atom is 0.273 e. The molecule has 0 saturated carbocycles. The molecule has 0 aliphatic heterocycles. The smallest absolute Gasteiger partial charge is 0.267 e. The standard InChI is InChI=1S/C21H18ClN3O/c1-14-3-5-16(6-4-14)13-23-25-21(26)19-11-12-20(24-15(19)2)17-7-9-18(22)10-8-17/h3-13H,1-2H3,(H,25,26)/b23-13+. The van der Waals surface area contributed by atoms with Crippen molar-refractivity contribution in [3.05, 3.63) is 88.1 Å². The van der Waals surface area contributed by atoms with E-state index in [4.69, 9.17) is 11.6 Å². The van der Waals surface area contributed by atoms with E-state index in [1.54, 1.807) is 19.2 Å². The highest BCUT2D eigenvalue weighted by Gasteiger charge is 2.10. The number of carbonyl (C=O) groups excluding carboxylic acids is 1. The lowest BCUT2D eigenvalue weighted by Crippen LogP contribution is -2.19. The van der Waals surface area contributed by atoms with Crippen molar-refractivity contribution in [2.24, 2.45) is 5.10 Å². The zero-order valence-electron chi connectivity index (χ0n) is 14.5. The predicted octanol–water partition coefficient (Wildman–Crippen LogP) is 4.78. The molecule has 130 valence electrons. The number of carbonyl (C=O) groups is 1. The van der Waals surface area contributed by atoms with Crippen molar-refractivity contribution in [1.82, 2.24) is 10.4 Å². The number of hydrogen-bond acceptors (Lipinski definition) is 3. The summed E-state index contributed by atoms with van der Waals surface area (Å²) in [7, 11) is 0. The van der Waals surface area contributed by atoms with Gasteiger partial charge in [0.1, 0.15) is 0 Å². The van der Waals surface area contributed by atoms with Gasteiger partial charge in [0.15, 0.2) is 0 Å². The summed E-state index contributed by atoms with van der Waals surface area (Å²) >= 11 is 5.91. The maximum atomic E-state index is 12.3. The summed E-state index contributed by atoms with van der Waals surface area (Å²) in [6.45, 7) is 3.82. The molecule has 1 aromatic heterocycles. The van der Waals surface area contributed by atoms with Gasteiger partial charge in [0.2, 0.25) is 0 Å². The van der Waals surface area contributed by atoms with Gasteiger partial charge >= 0.3 is 0 Å². The Balaban J connectivity index is 1.71. The van der Waals surface area contributed by atoms with E-state index in [9.17, 15) is 4.79 Å². The van der Waals surface area contributed by atoms with Gasteiger partial charge in [-0.2, -0.15) is 5.10 Å². The average molecular weight is 364 g/mol. The van der Waals surface area contributed by atoms with E-state index < -0.39 is 0 Å². The Hall–Kier alpha value is -2.98. The highest BCUT2D eigenvalue weighted by atomic mass is 35.5. The molecule has 3 aromatic rings. The quantitative estimate of drug-likeness (QED) is 0.535. The Bertz CT molecular complexity index is 948. The molecule has 4 nitrogen and oxygen atoms in total. The number of pyridine rings is 1. The van der Waals surface area contributed by atoms with E-state index in [1.807, 2.05) is 61.5 Å². The summed E-state index contributed by atoms with van der Waals surface area (Å²) < 4.78 is 0. The number of rotatable bonds is 4. The SMILES string of the molecule is Cc1ccc(/C=N/NC(=O)c2ccc(-c3ccc(Cl)cc3)nc2C)cc1. The van der Waals surface area contributed by atoms with Crippen molar-refractivity contribution < 1.29 is 4.79 Å². The first-order valence-corrected chi connectivity index (χ1v) is 8.54. The van der Waals surface area contributed by atoms with Gasteiger partial charge in [0.05, 0.1) is 23.2 Å². The fourth-order valence-corrected chi connectivity index (χ4v) is 2.59. The van der Waals surface area contributed by atoms with Crippen LogP contribution in [0.15, 0.2) is 65.8 Å². The van der Waals surface area contributed by atoms with E-state index >= 15 is 0 Å². The number of nitrogens with one attached hydrogen (secondary N) is 1. The summed E-state index contributed by atoms with van der Waals surface area (Å²) in [5.41, 5.74) is 7.50. The Morgan fingerprint density at radius 3 is 2.35 bits per heavy atom. The summed E-state index contributed by atoms with van der Waals surface area (Å²) in [5, 5.41) is 4.69. The molecule has 1 heterocycles. The van der Waals surface area contributed by atoms with Crippen LogP contribution in [0, 0.1) is 13.8 Å². The summed E-state index contributed by atoms with van der Waals surface area (Å²) in [6, 6.07) is 18.9. The zero-order valence-corrected chi connectivity index (χ0v) is 15.3. The molecule has 0 saturated heterocycles. The maximum absolute atomic E-state index is 12.3. The van der Waals surface area contributed by atoms with Crippen LogP contribution < -0.4 is 5.43 Å². The van der Waals surface area contributed by atoms with Gasteiger partial charge in [-0.15, -0.1) is 0 Å². The third-order valence-electron chi connectivity index (χ3n) is 3.93. The fourth-order valence-electron chi connectivity index (χ4n) is 2.46. The van der Waals surface area contributed by atoms with Crippen LogP contribution in [0.1, 0.15) is 27.2 Å². The van der Waals surface area contributed by atoms with Crippen LogP contribution in [0.3, 0.4) is 0 Å². The molecule has 1 amide bonds. The number of amides is 1. The minimum atomic E-state index is -0.291. The molecule has 0 radical (unpaired) electrons. The van der Waals surface area contributed by atoms with Gasteiger partial charge in [0.25, 0.3) is 5.91 Å². The van der Waals surface area contributed by atoms with Crippen molar-refractivity contribution in [3.8, 4) is 11.3 Å². The van der Waals surface area contributed by atoms with E-state index in [1.165, 1.54) is 5.56 Å². The number of hydrogen-bond donors (Lipinski definition) is 1. The highest BCUT2D eigenvalue weighted by molar-refractivity contribution is 6.30. The van der Waals surface area contributed by atoms with Crippen molar-refractivity contribution in [2.45, 2.75) is 13.8 Å². The minimum Gasteiger partial charge on any atom is -0.267 e.